The molecule has 1 saturated carbocycles. The zero-order valence-corrected chi connectivity index (χ0v) is 18.7. The third-order valence-corrected chi connectivity index (χ3v) is 7.50. The largest absolute Gasteiger partial charge is 0.310 e. The Labute approximate surface area is 191 Å². The second-order valence-electron chi connectivity index (χ2n) is 9.40. The maximum absolute atomic E-state index is 2.50. The molecule has 0 N–H and O–H groups in total. The zero-order valence-electron chi connectivity index (χ0n) is 18.7. The molecule has 3 aliphatic rings. The molecule has 0 unspecified atom stereocenters. The first-order valence-electron chi connectivity index (χ1n) is 11.9. The Morgan fingerprint density at radius 3 is 1.75 bits per heavy atom. The van der Waals surface area contributed by atoms with Crippen LogP contribution in [0.2, 0.25) is 0 Å². The van der Waals surface area contributed by atoms with Crippen molar-refractivity contribution in [2.24, 2.45) is 0 Å². The van der Waals surface area contributed by atoms with Crippen LogP contribution >= 0.6 is 0 Å². The highest BCUT2D eigenvalue weighted by atomic mass is 15.1. The first kappa shape index (κ1) is 19.4. The van der Waals surface area contributed by atoms with Gasteiger partial charge in [-0.2, -0.15) is 0 Å². The molecule has 4 aromatic rings. The fraction of sp³-hybridized carbons (Fsp3) is 0.226. The van der Waals surface area contributed by atoms with Crippen molar-refractivity contribution in [2.75, 3.05) is 4.90 Å². The summed E-state index contributed by atoms with van der Waals surface area (Å²) in [6.45, 7) is 2.25. The molecule has 0 radical (unpaired) electrons. The molecule has 0 spiro atoms. The Morgan fingerprint density at radius 1 is 0.562 bits per heavy atom. The molecule has 0 aromatic heterocycles. The summed E-state index contributed by atoms with van der Waals surface area (Å²) < 4.78 is 0. The monoisotopic (exact) mass is 415 g/mol. The maximum atomic E-state index is 2.50. The van der Waals surface area contributed by atoms with Crippen LogP contribution in [0.1, 0.15) is 54.2 Å². The van der Waals surface area contributed by atoms with Crippen LogP contribution in [0.25, 0.3) is 11.1 Å². The molecule has 2 bridgehead atoms. The topological polar surface area (TPSA) is 3.24 Å². The molecular weight excluding hydrogens is 386 g/mol. The normalized spacial score (nSPS) is 18.9. The summed E-state index contributed by atoms with van der Waals surface area (Å²) in [7, 11) is 0. The van der Waals surface area contributed by atoms with E-state index in [2.05, 4.69) is 109 Å². The third kappa shape index (κ3) is 3.33. The Hall–Kier alpha value is -3.32. The fourth-order valence-electron chi connectivity index (χ4n) is 5.90. The van der Waals surface area contributed by atoms with Crippen LogP contribution in [-0.4, -0.2) is 0 Å². The van der Waals surface area contributed by atoms with Gasteiger partial charge in [-0.05, 0) is 109 Å². The van der Waals surface area contributed by atoms with Gasteiger partial charge in [-0.25, -0.2) is 0 Å². The second-order valence-corrected chi connectivity index (χ2v) is 9.40. The number of para-hydroxylation sites is 2. The van der Waals surface area contributed by atoms with E-state index in [0.29, 0.717) is 0 Å². The average Bonchev–Trinajstić information content (AvgIpc) is 2.86. The minimum Gasteiger partial charge on any atom is -0.310 e. The first-order valence-corrected chi connectivity index (χ1v) is 11.9. The van der Waals surface area contributed by atoms with Gasteiger partial charge in [-0.15, -0.1) is 0 Å². The number of anilines is 3. The number of benzene rings is 4. The van der Waals surface area contributed by atoms with Gasteiger partial charge in [-0.3, -0.25) is 0 Å². The minimum absolute atomic E-state index is 0.779. The molecule has 0 amide bonds. The van der Waals surface area contributed by atoms with E-state index in [9.17, 15) is 0 Å². The smallest absolute Gasteiger partial charge is 0.0464 e. The van der Waals surface area contributed by atoms with Gasteiger partial charge in [0.15, 0.2) is 0 Å². The SMILES string of the molecule is Cc1cc(N(c2ccccc2)c2ccccc2)ccc1-c1ccc2c(c1)C1CCC2CC1. The van der Waals surface area contributed by atoms with Crippen LogP contribution in [0.3, 0.4) is 0 Å². The van der Waals surface area contributed by atoms with Gasteiger partial charge in [0, 0.05) is 17.1 Å². The highest BCUT2D eigenvalue weighted by Gasteiger charge is 2.32. The van der Waals surface area contributed by atoms with Gasteiger partial charge >= 0.3 is 0 Å². The summed E-state index contributed by atoms with van der Waals surface area (Å²) in [4.78, 5) is 2.34. The molecule has 0 saturated heterocycles. The average molecular weight is 416 g/mol. The Morgan fingerprint density at radius 2 is 1.16 bits per heavy atom. The van der Waals surface area contributed by atoms with Gasteiger partial charge in [0.05, 0.1) is 0 Å². The van der Waals surface area contributed by atoms with Crippen molar-refractivity contribution in [2.45, 2.75) is 44.4 Å². The summed E-state index contributed by atoms with van der Waals surface area (Å²) in [5, 5.41) is 0. The van der Waals surface area contributed by atoms with Crippen LogP contribution in [0.15, 0.2) is 97.1 Å². The van der Waals surface area contributed by atoms with E-state index in [1.165, 1.54) is 59.4 Å². The van der Waals surface area contributed by atoms with Gasteiger partial charge < -0.3 is 4.90 Å². The summed E-state index contributed by atoms with van der Waals surface area (Å²) in [5.41, 5.74) is 10.8. The zero-order chi connectivity index (χ0) is 21.5. The number of hydrogen-bond acceptors (Lipinski definition) is 1. The van der Waals surface area contributed by atoms with Gasteiger partial charge in [0.1, 0.15) is 0 Å². The maximum Gasteiger partial charge on any atom is 0.0464 e. The van der Waals surface area contributed by atoms with Crippen LogP contribution in [0.5, 0.6) is 0 Å². The van der Waals surface area contributed by atoms with Gasteiger partial charge in [0.25, 0.3) is 0 Å². The number of aryl methyl sites for hydroxylation is 1. The van der Waals surface area contributed by atoms with Crippen LogP contribution in [0.4, 0.5) is 17.1 Å². The summed E-state index contributed by atoms with van der Waals surface area (Å²) in [5.74, 6) is 1.58. The Balaban J connectivity index is 1.40. The molecule has 158 valence electrons. The van der Waals surface area contributed by atoms with Crippen LogP contribution in [-0.2, 0) is 0 Å². The number of rotatable bonds is 4. The summed E-state index contributed by atoms with van der Waals surface area (Å²) >= 11 is 0. The van der Waals surface area contributed by atoms with E-state index in [-0.39, 0.29) is 0 Å². The van der Waals surface area contributed by atoms with Crippen LogP contribution in [0, 0.1) is 6.92 Å². The first-order chi connectivity index (χ1) is 15.8. The molecule has 0 heterocycles. The lowest BCUT2D eigenvalue weighted by molar-refractivity contribution is 0.359. The summed E-state index contributed by atoms with van der Waals surface area (Å²) in [6.07, 6.45) is 5.53. The molecule has 1 nitrogen and oxygen atoms in total. The molecule has 4 aromatic carbocycles. The summed E-state index contributed by atoms with van der Waals surface area (Å²) in [6, 6.07) is 35.5. The van der Waals surface area contributed by atoms with Crippen molar-refractivity contribution in [3.63, 3.8) is 0 Å². The molecule has 1 fully saturated rings. The van der Waals surface area contributed by atoms with Crippen molar-refractivity contribution >= 4 is 17.1 Å². The lowest BCUT2D eigenvalue weighted by Crippen LogP contribution is -2.21. The third-order valence-electron chi connectivity index (χ3n) is 7.50. The van der Waals surface area contributed by atoms with Crippen molar-refractivity contribution in [1.82, 2.24) is 0 Å². The molecule has 3 aliphatic carbocycles. The molecular formula is C31H29N. The van der Waals surface area contributed by atoms with Crippen molar-refractivity contribution in [3.05, 3.63) is 114 Å². The molecule has 7 rings (SSSR count). The highest BCUT2D eigenvalue weighted by Crippen LogP contribution is 2.50. The predicted octanol–water partition coefficient (Wildman–Crippen LogP) is 8.89. The second kappa shape index (κ2) is 7.98. The van der Waals surface area contributed by atoms with E-state index in [1.807, 2.05) is 0 Å². The fourth-order valence-corrected chi connectivity index (χ4v) is 5.90. The lowest BCUT2D eigenvalue weighted by atomic mass is 9.66. The number of hydrogen-bond donors (Lipinski definition) is 0. The minimum atomic E-state index is 0.779. The van der Waals surface area contributed by atoms with E-state index < -0.39 is 0 Å². The van der Waals surface area contributed by atoms with E-state index in [1.54, 1.807) is 11.1 Å². The predicted molar refractivity (Wildman–Crippen MR) is 135 cm³/mol. The van der Waals surface area contributed by atoms with Crippen molar-refractivity contribution < 1.29 is 0 Å². The quantitative estimate of drug-likeness (QED) is 0.322. The Kier molecular flexibility index (Phi) is 4.83. The van der Waals surface area contributed by atoms with Crippen molar-refractivity contribution in [1.29, 1.82) is 0 Å². The van der Waals surface area contributed by atoms with Crippen LogP contribution < -0.4 is 4.90 Å². The van der Waals surface area contributed by atoms with E-state index in [4.69, 9.17) is 0 Å². The number of fused-ring (bicyclic) bond motifs is 2. The van der Waals surface area contributed by atoms with E-state index >= 15 is 0 Å². The number of nitrogens with zero attached hydrogens (tertiary/aromatic N) is 1. The van der Waals surface area contributed by atoms with Gasteiger partial charge in [-0.1, -0.05) is 60.7 Å². The standard InChI is InChI=1S/C31H29N/c1-22-20-28(32(26-8-4-2-5-9-26)27-10-6-3-7-11-27)17-19-29(22)25-16-18-30-23-12-14-24(15-13-23)31(30)21-25/h2-11,16-21,23-24H,12-15H2,1H3. The molecule has 32 heavy (non-hydrogen) atoms. The Bertz CT molecular complexity index is 1190. The lowest BCUT2D eigenvalue weighted by Gasteiger charge is -2.38. The molecule has 0 aliphatic heterocycles. The van der Waals surface area contributed by atoms with E-state index in [0.717, 1.165) is 11.8 Å². The molecule has 1 heteroatoms. The van der Waals surface area contributed by atoms with Crippen molar-refractivity contribution in [3.8, 4) is 11.1 Å². The molecule has 0 atom stereocenters. The van der Waals surface area contributed by atoms with Gasteiger partial charge in [0.2, 0.25) is 0 Å². The highest BCUT2D eigenvalue weighted by molar-refractivity contribution is 5.79.